The number of anilines is 1. The summed E-state index contributed by atoms with van der Waals surface area (Å²) in [5, 5.41) is 12.2. The molecule has 0 saturated carbocycles. The first-order valence-electron chi connectivity index (χ1n) is 9.47. The second-order valence-corrected chi connectivity index (χ2v) is 9.96. The topological polar surface area (TPSA) is 90.3 Å². The number of piperidine rings is 1. The first-order valence-corrected chi connectivity index (χ1v) is 11.8. The minimum absolute atomic E-state index is 0.114. The van der Waals surface area contributed by atoms with Crippen LogP contribution in [0.25, 0.3) is 0 Å². The first-order chi connectivity index (χ1) is 14.3. The van der Waals surface area contributed by atoms with Crippen molar-refractivity contribution in [2.45, 2.75) is 25.0 Å². The highest BCUT2D eigenvalue weighted by Gasteiger charge is 2.33. The smallest absolute Gasteiger partial charge is 0.228 e. The third-order valence-electron chi connectivity index (χ3n) is 5.04. The van der Waals surface area contributed by atoms with Crippen LogP contribution < -0.4 is 5.32 Å². The second-order valence-electron chi connectivity index (χ2n) is 7.17. The van der Waals surface area contributed by atoms with Crippen molar-refractivity contribution in [3.05, 3.63) is 63.6 Å². The number of benzene rings is 2. The van der Waals surface area contributed by atoms with Gasteiger partial charge in [0.25, 0.3) is 0 Å². The summed E-state index contributed by atoms with van der Waals surface area (Å²) in [6.45, 7) is 0.472. The Morgan fingerprint density at radius 3 is 2.47 bits per heavy atom. The third kappa shape index (κ3) is 5.52. The Kier molecular flexibility index (Phi) is 7.37. The minimum Gasteiger partial charge on any atom is -0.326 e. The van der Waals surface area contributed by atoms with Crippen molar-refractivity contribution in [1.29, 1.82) is 5.26 Å². The standard InChI is InChI=1S/C21H21Cl2N3O3S/c22-19-4-1-5-20(23)18(19)14-30(28,29)26-12-2-3-16(13-26)21(27)25-17-8-6-15(7-9-17)10-11-24/h1,4-9,16H,2-3,10,12-14H2,(H,25,27). The Morgan fingerprint density at radius 2 is 1.83 bits per heavy atom. The molecule has 1 unspecified atom stereocenters. The number of carbonyl (C=O) groups is 1. The summed E-state index contributed by atoms with van der Waals surface area (Å²) in [6, 6.07) is 14.0. The van der Waals surface area contributed by atoms with Crippen LogP contribution in [0, 0.1) is 17.2 Å². The van der Waals surface area contributed by atoms with Crippen LogP contribution in [0.1, 0.15) is 24.0 Å². The van der Waals surface area contributed by atoms with E-state index in [2.05, 4.69) is 11.4 Å². The maximum atomic E-state index is 12.9. The van der Waals surface area contributed by atoms with E-state index in [1.165, 1.54) is 4.31 Å². The fourth-order valence-corrected chi connectivity index (χ4v) is 5.76. The average Bonchev–Trinajstić information content (AvgIpc) is 2.72. The Bertz CT molecular complexity index is 1050. The first kappa shape index (κ1) is 22.6. The highest BCUT2D eigenvalue weighted by molar-refractivity contribution is 7.88. The summed E-state index contributed by atoms with van der Waals surface area (Å²) in [5.74, 6) is -0.979. The molecule has 1 aliphatic heterocycles. The molecule has 1 fully saturated rings. The third-order valence-corrected chi connectivity index (χ3v) is 7.52. The maximum Gasteiger partial charge on any atom is 0.228 e. The maximum absolute atomic E-state index is 12.9. The number of halogens is 2. The Hall–Kier alpha value is -2.11. The van der Waals surface area contributed by atoms with Gasteiger partial charge in [-0.15, -0.1) is 0 Å². The zero-order valence-electron chi connectivity index (χ0n) is 16.1. The molecule has 9 heteroatoms. The van der Waals surface area contributed by atoms with Crippen molar-refractivity contribution in [3.8, 4) is 6.07 Å². The number of nitrogens with one attached hydrogen (secondary N) is 1. The van der Waals surface area contributed by atoms with Crippen LogP contribution in [0.5, 0.6) is 0 Å². The predicted molar refractivity (Wildman–Crippen MR) is 118 cm³/mol. The van der Waals surface area contributed by atoms with E-state index in [-0.39, 0.29) is 18.2 Å². The lowest BCUT2D eigenvalue weighted by Crippen LogP contribution is -2.44. The van der Waals surface area contributed by atoms with Gasteiger partial charge in [0.15, 0.2) is 0 Å². The van der Waals surface area contributed by atoms with Crippen molar-refractivity contribution < 1.29 is 13.2 Å². The molecule has 1 aliphatic rings. The normalized spacial score (nSPS) is 17.3. The van der Waals surface area contributed by atoms with Crippen molar-refractivity contribution in [3.63, 3.8) is 0 Å². The number of hydrogen-bond donors (Lipinski definition) is 1. The van der Waals surface area contributed by atoms with Crippen molar-refractivity contribution in [2.24, 2.45) is 5.92 Å². The Labute approximate surface area is 186 Å². The summed E-state index contributed by atoms with van der Waals surface area (Å²) in [7, 11) is -3.68. The largest absolute Gasteiger partial charge is 0.326 e. The SMILES string of the molecule is N#CCc1ccc(NC(=O)C2CCCN(S(=O)(=O)Cc3c(Cl)cccc3Cl)C2)cc1. The summed E-state index contributed by atoms with van der Waals surface area (Å²) >= 11 is 12.3. The molecule has 3 rings (SSSR count). The van der Waals surface area contributed by atoms with Crippen molar-refractivity contribution >= 4 is 44.8 Å². The fraction of sp³-hybridized carbons (Fsp3) is 0.333. The second kappa shape index (κ2) is 9.80. The molecule has 0 radical (unpaired) electrons. The van der Waals surface area contributed by atoms with Gasteiger partial charge in [-0.05, 0) is 42.7 Å². The minimum atomic E-state index is -3.68. The van der Waals surface area contributed by atoms with E-state index in [0.29, 0.717) is 47.1 Å². The zero-order valence-corrected chi connectivity index (χ0v) is 18.5. The molecular weight excluding hydrogens is 445 g/mol. The number of nitrogens with zero attached hydrogens (tertiary/aromatic N) is 2. The van der Waals surface area contributed by atoms with Gasteiger partial charge in [0.2, 0.25) is 15.9 Å². The zero-order chi connectivity index (χ0) is 21.7. The molecule has 1 saturated heterocycles. The van der Waals surface area contributed by atoms with Gasteiger partial charge in [-0.3, -0.25) is 4.79 Å². The molecule has 0 spiro atoms. The number of sulfonamides is 1. The Balaban J connectivity index is 1.66. The molecule has 2 aromatic rings. The van der Waals surface area contributed by atoms with E-state index < -0.39 is 15.9 Å². The lowest BCUT2D eigenvalue weighted by atomic mass is 9.98. The predicted octanol–water partition coefficient (Wildman–Crippen LogP) is 4.24. The number of rotatable bonds is 6. The molecule has 2 aromatic carbocycles. The van der Waals surface area contributed by atoms with Gasteiger partial charge in [-0.25, -0.2) is 12.7 Å². The van der Waals surface area contributed by atoms with Gasteiger partial charge in [-0.2, -0.15) is 5.26 Å². The van der Waals surface area contributed by atoms with Crippen LogP contribution >= 0.6 is 23.2 Å². The summed E-state index contributed by atoms with van der Waals surface area (Å²) in [6.07, 6.45) is 1.50. The highest BCUT2D eigenvalue weighted by Crippen LogP contribution is 2.29. The number of hydrogen-bond acceptors (Lipinski definition) is 4. The van der Waals surface area contributed by atoms with E-state index >= 15 is 0 Å². The monoisotopic (exact) mass is 465 g/mol. The van der Waals surface area contributed by atoms with Gasteiger partial charge in [-0.1, -0.05) is 41.4 Å². The van der Waals surface area contributed by atoms with Gasteiger partial charge < -0.3 is 5.32 Å². The molecule has 0 aromatic heterocycles. The average molecular weight is 466 g/mol. The van der Waals surface area contributed by atoms with E-state index in [1.54, 1.807) is 42.5 Å². The van der Waals surface area contributed by atoms with Crippen LogP contribution in [-0.4, -0.2) is 31.7 Å². The van der Waals surface area contributed by atoms with Crippen LogP contribution in [0.2, 0.25) is 10.0 Å². The Morgan fingerprint density at radius 1 is 1.17 bits per heavy atom. The van der Waals surface area contributed by atoms with Crippen LogP contribution in [0.4, 0.5) is 5.69 Å². The summed E-state index contributed by atoms with van der Waals surface area (Å²) in [5.41, 5.74) is 1.85. The number of carbonyl (C=O) groups excluding carboxylic acids is 1. The molecule has 6 nitrogen and oxygen atoms in total. The van der Waals surface area contributed by atoms with E-state index in [1.807, 2.05) is 0 Å². The number of nitriles is 1. The molecule has 1 N–H and O–H groups in total. The van der Waals surface area contributed by atoms with E-state index in [9.17, 15) is 13.2 Å². The van der Waals surface area contributed by atoms with Gasteiger partial charge >= 0.3 is 0 Å². The summed E-state index contributed by atoms with van der Waals surface area (Å²) < 4.78 is 27.2. The van der Waals surface area contributed by atoms with Crippen molar-refractivity contribution in [1.82, 2.24) is 4.31 Å². The summed E-state index contributed by atoms with van der Waals surface area (Å²) in [4.78, 5) is 12.7. The van der Waals surface area contributed by atoms with Crippen LogP contribution in [0.15, 0.2) is 42.5 Å². The molecule has 1 heterocycles. The van der Waals surface area contributed by atoms with Gasteiger partial charge in [0.1, 0.15) is 0 Å². The highest BCUT2D eigenvalue weighted by atomic mass is 35.5. The molecule has 0 bridgehead atoms. The van der Waals surface area contributed by atoms with Gasteiger partial charge in [0, 0.05) is 34.4 Å². The lowest BCUT2D eigenvalue weighted by Gasteiger charge is -2.31. The van der Waals surface area contributed by atoms with Crippen LogP contribution in [-0.2, 0) is 27.0 Å². The number of amides is 1. The lowest BCUT2D eigenvalue weighted by molar-refractivity contribution is -0.120. The molecular formula is C21H21Cl2N3O3S. The molecule has 158 valence electrons. The molecule has 30 heavy (non-hydrogen) atoms. The van der Waals surface area contributed by atoms with E-state index in [0.717, 1.165) is 5.56 Å². The molecule has 1 atom stereocenters. The molecule has 1 amide bonds. The molecule has 0 aliphatic carbocycles. The van der Waals surface area contributed by atoms with Crippen molar-refractivity contribution in [2.75, 3.05) is 18.4 Å². The van der Waals surface area contributed by atoms with Gasteiger partial charge in [0.05, 0.1) is 24.2 Å². The quantitative estimate of drug-likeness (QED) is 0.690. The fourth-order valence-electron chi connectivity index (χ4n) is 3.39. The van der Waals surface area contributed by atoms with Crippen LogP contribution in [0.3, 0.4) is 0 Å². The van der Waals surface area contributed by atoms with E-state index in [4.69, 9.17) is 28.5 Å².